The van der Waals surface area contributed by atoms with Gasteiger partial charge in [0.2, 0.25) is 5.91 Å². The molecule has 138 valence electrons. The minimum Gasteiger partial charge on any atom is -0.493 e. The van der Waals surface area contributed by atoms with Crippen LogP contribution in [0, 0.1) is 5.82 Å². The molecule has 0 bridgehead atoms. The molecule has 1 N–H and O–H groups in total. The zero-order valence-corrected chi connectivity index (χ0v) is 14.9. The topological polar surface area (TPSA) is 67.9 Å². The van der Waals surface area contributed by atoms with E-state index in [1.165, 1.54) is 37.3 Å². The quantitative estimate of drug-likeness (QED) is 0.824. The number of methoxy groups -OCH3 is 1. The highest BCUT2D eigenvalue weighted by molar-refractivity contribution is 5.99. The molecule has 0 atom stereocenters. The Morgan fingerprint density at radius 2 is 1.92 bits per heavy atom. The van der Waals surface area contributed by atoms with Crippen LogP contribution in [0.1, 0.15) is 17.3 Å². The third-order valence-electron chi connectivity index (χ3n) is 3.55. The standard InChI is InChI=1S/C19H21FN2O4/c1-4-26-17-10-13(8-9-16(17)25-3)19(24)22(2)12-18(23)21-15-7-5-6-14(20)11-15/h5-11H,4,12H2,1-3H3,(H,21,23). The molecule has 0 spiro atoms. The van der Waals surface area contributed by atoms with E-state index in [0.717, 1.165) is 0 Å². The van der Waals surface area contributed by atoms with Gasteiger partial charge in [-0.3, -0.25) is 9.59 Å². The smallest absolute Gasteiger partial charge is 0.254 e. The van der Waals surface area contributed by atoms with Gasteiger partial charge in [0.05, 0.1) is 20.3 Å². The number of benzene rings is 2. The highest BCUT2D eigenvalue weighted by Gasteiger charge is 2.17. The Bertz CT molecular complexity index is 795. The maximum absolute atomic E-state index is 13.2. The minimum atomic E-state index is -0.450. The normalized spacial score (nSPS) is 10.2. The fourth-order valence-electron chi connectivity index (χ4n) is 2.35. The summed E-state index contributed by atoms with van der Waals surface area (Å²) < 4.78 is 23.8. The fourth-order valence-corrected chi connectivity index (χ4v) is 2.35. The molecule has 0 unspecified atom stereocenters. The van der Waals surface area contributed by atoms with Crippen molar-refractivity contribution < 1.29 is 23.5 Å². The van der Waals surface area contributed by atoms with Gasteiger partial charge < -0.3 is 19.7 Å². The predicted molar refractivity (Wildman–Crippen MR) is 96.2 cm³/mol. The summed E-state index contributed by atoms with van der Waals surface area (Å²) in [5.41, 5.74) is 0.703. The molecule has 26 heavy (non-hydrogen) atoms. The second-order valence-electron chi connectivity index (χ2n) is 5.52. The van der Waals surface area contributed by atoms with Crippen molar-refractivity contribution in [1.82, 2.24) is 4.90 Å². The number of nitrogens with one attached hydrogen (secondary N) is 1. The summed E-state index contributed by atoms with van der Waals surface area (Å²) in [6.45, 7) is 2.09. The Morgan fingerprint density at radius 3 is 2.58 bits per heavy atom. The average molecular weight is 360 g/mol. The molecular formula is C19H21FN2O4. The molecule has 0 fully saturated rings. The molecule has 0 saturated heterocycles. The van der Waals surface area contributed by atoms with Crippen LogP contribution in [0.2, 0.25) is 0 Å². The van der Waals surface area contributed by atoms with E-state index in [2.05, 4.69) is 5.32 Å². The zero-order valence-electron chi connectivity index (χ0n) is 14.9. The van der Waals surface area contributed by atoms with Crippen LogP contribution in [0.25, 0.3) is 0 Å². The Kier molecular flexibility index (Phi) is 6.54. The molecule has 2 rings (SSSR count). The lowest BCUT2D eigenvalue weighted by Crippen LogP contribution is -2.34. The van der Waals surface area contributed by atoms with Crippen LogP contribution >= 0.6 is 0 Å². The molecule has 6 nitrogen and oxygen atoms in total. The minimum absolute atomic E-state index is 0.175. The number of amides is 2. The molecule has 2 aromatic rings. The van der Waals surface area contributed by atoms with Crippen molar-refractivity contribution >= 4 is 17.5 Å². The molecule has 0 aliphatic rings. The van der Waals surface area contributed by atoms with Gasteiger partial charge in [0.25, 0.3) is 5.91 Å². The van der Waals surface area contributed by atoms with Crippen molar-refractivity contribution in [1.29, 1.82) is 0 Å². The van der Waals surface area contributed by atoms with Gasteiger partial charge in [-0.2, -0.15) is 0 Å². The molecule has 0 aromatic heterocycles. The molecule has 0 aliphatic carbocycles. The number of halogens is 1. The Hall–Kier alpha value is -3.09. The van der Waals surface area contributed by atoms with Crippen LogP contribution in [-0.2, 0) is 4.79 Å². The number of carbonyl (C=O) groups excluding carboxylic acids is 2. The van der Waals surface area contributed by atoms with E-state index < -0.39 is 11.7 Å². The van der Waals surface area contributed by atoms with Gasteiger partial charge >= 0.3 is 0 Å². The molecule has 0 aliphatic heterocycles. The highest BCUT2D eigenvalue weighted by atomic mass is 19.1. The number of carbonyl (C=O) groups is 2. The second-order valence-corrected chi connectivity index (χ2v) is 5.52. The highest BCUT2D eigenvalue weighted by Crippen LogP contribution is 2.28. The maximum atomic E-state index is 13.2. The molecule has 0 radical (unpaired) electrons. The van der Waals surface area contributed by atoms with Crippen molar-refractivity contribution in [3.05, 3.63) is 53.8 Å². The zero-order chi connectivity index (χ0) is 19.1. The number of hydrogen-bond acceptors (Lipinski definition) is 4. The number of anilines is 1. The number of likely N-dealkylation sites (N-methyl/N-ethyl adjacent to an activating group) is 1. The lowest BCUT2D eigenvalue weighted by atomic mass is 10.1. The van der Waals surface area contributed by atoms with E-state index in [-0.39, 0.29) is 12.5 Å². The first-order valence-corrected chi connectivity index (χ1v) is 8.06. The third kappa shape index (κ3) is 4.95. The monoisotopic (exact) mass is 360 g/mol. The summed E-state index contributed by atoms with van der Waals surface area (Å²) in [6, 6.07) is 10.4. The number of rotatable bonds is 7. The van der Waals surface area contributed by atoms with Gasteiger partial charge in [0.1, 0.15) is 5.82 Å². The van der Waals surface area contributed by atoms with Crippen LogP contribution in [0.5, 0.6) is 11.5 Å². The van der Waals surface area contributed by atoms with Crippen LogP contribution in [0.3, 0.4) is 0 Å². The summed E-state index contributed by atoms with van der Waals surface area (Å²) in [6.07, 6.45) is 0. The van der Waals surface area contributed by atoms with Crippen molar-refractivity contribution in [3.63, 3.8) is 0 Å². The number of ether oxygens (including phenoxy) is 2. The van der Waals surface area contributed by atoms with E-state index in [4.69, 9.17) is 9.47 Å². The van der Waals surface area contributed by atoms with E-state index in [1.54, 1.807) is 24.3 Å². The summed E-state index contributed by atoms with van der Waals surface area (Å²) in [7, 11) is 3.03. The summed E-state index contributed by atoms with van der Waals surface area (Å²) in [5, 5.41) is 2.55. The lowest BCUT2D eigenvalue weighted by molar-refractivity contribution is -0.116. The first-order valence-electron chi connectivity index (χ1n) is 8.06. The van der Waals surface area contributed by atoms with Gasteiger partial charge in [-0.15, -0.1) is 0 Å². The van der Waals surface area contributed by atoms with Crippen molar-refractivity contribution in [2.75, 3.05) is 32.6 Å². The van der Waals surface area contributed by atoms with Crippen LogP contribution < -0.4 is 14.8 Å². The van der Waals surface area contributed by atoms with Crippen molar-refractivity contribution in [2.45, 2.75) is 6.92 Å². The Labute approximate surface area is 151 Å². The molecule has 2 aromatic carbocycles. The van der Waals surface area contributed by atoms with E-state index in [1.807, 2.05) is 6.92 Å². The summed E-state index contributed by atoms with van der Waals surface area (Å²) in [4.78, 5) is 25.9. The van der Waals surface area contributed by atoms with Crippen LogP contribution in [0.4, 0.5) is 10.1 Å². The average Bonchev–Trinajstić information content (AvgIpc) is 2.61. The van der Waals surface area contributed by atoms with Gasteiger partial charge in [0, 0.05) is 18.3 Å². The fraction of sp³-hybridized carbons (Fsp3) is 0.263. The second kappa shape index (κ2) is 8.84. The molecule has 0 saturated carbocycles. The largest absolute Gasteiger partial charge is 0.493 e. The van der Waals surface area contributed by atoms with Gasteiger partial charge in [0.15, 0.2) is 11.5 Å². The Morgan fingerprint density at radius 1 is 1.15 bits per heavy atom. The van der Waals surface area contributed by atoms with Crippen LogP contribution in [0.15, 0.2) is 42.5 Å². The third-order valence-corrected chi connectivity index (χ3v) is 3.55. The first-order chi connectivity index (χ1) is 12.4. The first kappa shape index (κ1) is 19.2. The van der Waals surface area contributed by atoms with Gasteiger partial charge in [-0.25, -0.2) is 4.39 Å². The van der Waals surface area contributed by atoms with Gasteiger partial charge in [-0.05, 0) is 43.3 Å². The molecule has 7 heteroatoms. The van der Waals surface area contributed by atoms with E-state index >= 15 is 0 Å². The number of nitrogens with zero attached hydrogens (tertiary/aromatic N) is 1. The predicted octanol–water partition coefficient (Wildman–Crippen LogP) is 2.94. The molecular weight excluding hydrogens is 339 g/mol. The maximum Gasteiger partial charge on any atom is 0.254 e. The Balaban J connectivity index is 2.04. The molecule has 0 heterocycles. The van der Waals surface area contributed by atoms with Crippen molar-refractivity contribution in [2.24, 2.45) is 0 Å². The number of hydrogen-bond donors (Lipinski definition) is 1. The van der Waals surface area contributed by atoms with Gasteiger partial charge in [-0.1, -0.05) is 6.07 Å². The summed E-state index contributed by atoms with van der Waals surface area (Å²) in [5.74, 6) is -0.240. The van der Waals surface area contributed by atoms with E-state index in [0.29, 0.717) is 29.4 Å². The summed E-state index contributed by atoms with van der Waals surface area (Å²) >= 11 is 0. The van der Waals surface area contributed by atoms with Crippen molar-refractivity contribution in [3.8, 4) is 11.5 Å². The SMILES string of the molecule is CCOc1cc(C(=O)N(C)CC(=O)Nc2cccc(F)c2)ccc1OC. The van der Waals surface area contributed by atoms with E-state index in [9.17, 15) is 14.0 Å². The molecule has 2 amide bonds. The lowest BCUT2D eigenvalue weighted by Gasteiger charge is -2.18. The van der Waals surface area contributed by atoms with Crippen LogP contribution in [-0.4, -0.2) is 44.0 Å².